The molecule has 0 aromatic carbocycles. The number of nitrogens with one attached hydrogen (secondary N) is 2. The molecule has 0 radical (unpaired) electrons. The van der Waals surface area contributed by atoms with E-state index in [1.165, 1.54) is 10.9 Å². The van der Waals surface area contributed by atoms with Gasteiger partial charge in [-0.25, -0.2) is 13.1 Å². The van der Waals surface area contributed by atoms with E-state index >= 15 is 0 Å². The Labute approximate surface area is 124 Å². The molecule has 0 saturated carbocycles. The van der Waals surface area contributed by atoms with Crippen molar-refractivity contribution in [3.63, 3.8) is 0 Å². The molecule has 110 valence electrons. The summed E-state index contributed by atoms with van der Waals surface area (Å²) in [7, 11) is -2.07. The summed E-state index contributed by atoms with van der Waals surface area (Å²) in [5, 5.41) is 7.18. The van der Waals surface area contributed by atoms with Gasteiger partial charge in [0.15, 0.2) is 5.03 Å². The first kappa shape index (κ1) is 16.7. The Hall–Kier alpha value is -0.340. The van der Waals surface area contributed by atoms with Crippen LogP contribution in [0.4, 0.5) is 0 Å². The third kappa shape index (κ3) is 3.61. The first-order valence-corrected chi connectivity index (χ1v) is 7.68. The molecule has 1 aliphatic heterocycles. The van der Waals surface area contributed by atoms with Crippen LogP contribution in [0.25, 0.3) is 0 Å². The molecule has 1 aromatic rings. The van der Waals surface area contributed by atoms with E-state index in [9.17, 15) is 8.42 Å². The van der Waals surface area contributed by atoms with Gasteiger partial charge in [-0.3, -0.25) is 4.68 Å². The lowest BCUT2D eigenvalue weighted by Gasteiger charge is -2.29. The first-order chi connectivity index (χ1) is 8.42. The molecule has 1 aliphatic rings. The van der Waals surface area contributed by atoms with Gasteiger partial charge >= 0.3 is 0 Å². The summed E-state index contributed by atoms with van der Waals surface area (Å²) >= 11 is 5.87. The number of hydrogen-bond acceptors (Lipinski definition) is 4. The monoisotopic (exact) mass is 328 g/mol. The van der Waals surface area contributed by atoms with Crippen molar-refractivity contribution < 1.29 is 8.42 Å². The number of aryl methyl sites for hydroxylation is 1. The van der Waals surface area contributed by atoms with Crippen LogP contribution in [0.3, 0.4) is 0 Å². The van der Waals surface area contributed by atoms with E-state index < -0.39 is 10.0 Å². The average Bonchev–Trinajstić information content (AvgIpc) is 2.62. The molecule has 2 atom stereocenters. The van der Waals surface area contributed by atoms with Gasteiger partial charge in [-0.1, -0.05) is 18.5 Å². The Morgan fingerprint density at radius 1 is 1.58 bits per heavy atom. The van der Waals surface area contributed by atoms with Crippen LogP contribution >= 0.6 is 24.0 Å². The number of piperidine rings is 1. The van der Waals surface area contributed by atoms with Crippen LogP contribution in [0, 0.1) is 5.92 Å². The summed E-state index contributed by atoms with van der Waals surface area (Å²) in [6, 6.07) is -0.116. The largest absolute Gasteiger partial charge is 0.315 e. The van der Waals surface area contributed by atoms with Gasteiger partial charge in [0, 0.05) is 19.6 Å². The molecule has 6 nitrogen and oxygen atoms in total. The second-order valence-electron chi connectivity index (χ2n) is 4.62. The first-order valence-electron chi connectivity index (χ1n) is 5.82. The number of sulfonamides is 1. The lowest BCUT2D eigenvalue weighted by Crippen LogP contribution is -2.50. The Morgan fingerprint density at radius 2 is 2.26 bits per heavy atom. The molecule has 0 spiro atoms. The third-order valence-electron chi connectivity index (χ3n) is 3.23. The molecular formula is C10H18Cl2N4O2S. The molecule has 1 saturated heterocycles. The smallest absolute Gasteiger partial charge is 0.259 e. The molecule has 0 amide bonds. The summed E-state index contributed by atoms with van der Waals surface area (Å²) in [6.45, 7) is 3.60. The number of hydrogen-bond donors (Lipinski definition) is 2. The summed E-state index contributed by atoms with van der Waals surface area (Å²) in [4.78, 5) is 0. The highest BCUT2D eigenvalue weighted by atomic mass is 35.5. The fourth-order valence-electron chi connectivity index (χ4n) is 2.10. The zero-order valence-electron chi connectivity index (χ0n) is 10.8. The van der Waals surface area contributed by atoms with Crippen LogP contribution in [0.15, 0.2) is 11.2 Å². The lowest BCUT2D eigenvalue weighted by molar-refractivity contribution is 0.326. The van der Waals surface area contributed by atoms with Gasteiger partial charge in [0.25, 0.3) is 10.0 Å². The number of halogens is 2. The quantitative estimate of drug-likeness (QED) is 0.859. The van der Waals surface area contributed by atoms with E-state index in [2.05, 4.69) is 15.1 Å². The molecule has 0 aliphatic carbocycles. The van der Waals surface area contributed by atoms with Gasteiger partial charge in [-0.15, -0.1) is 12.4 Å². The van der Waals surface area contributed by atoms with E-state index in [1.54, 1.807) is 7.05 Å². The van der Waals surface area contributed by atoms with E-state index in [0.29, 0.717) is 12.5 Å². The SMILES string of the molecule is CC1CCNCC1NS(=O)(=O)c1c(Cl)cnn1C.Cl. The third-order valence-corrected chi connectivity index (χ3v) is 5.23. The summed E-state index contributed by atoms with van der Waals surface area (Å²) in [5.41, 5.74) is 0. The van der Waals surface area contributed by atoms with Crippen LogP contribution in [0.2, 0.25) is 5.02 Å². The van der Waals surface area contributed by atoms with Gasteiger partial charge in [0.05, 0.1) is 11.2 Å². The molecule has 1 fully saturated rings. The number of rotatable bonds is 3. The zero-order valence-corrected chi connectivity index (χ0v) is 13.1. The average molecular weight is 329 g/mol. The highest BCUT2D eigenvalue weighted by Crippen LogP contribution is 2.21. The molecule has 2 unspecified atom stereocenters. The summed E-state index contributed by atoms with van der Waals surface area (Å²) in [6.07, 6.45) is 2.28. The highest BCUT2D eigenvalue weighted by Gasteiger charge is 2.29. The summed E-state index contributed by atoms with van der Waals surface area (Å²) in [5.74, 6) is 0.299. The van der Waals surface area contributed by atoms with Crippen molar-refractivity contribution in [1.82, 2.24) is 19.8 Å². The van der Waals surface area contributed by atoms with Crippen LogP contribution in [-0.4, -0.2) is 37.3 Å². The molecule has 0 bridgehead atoms. The van der Waals surface area contributed by atoms with Crippen molar-refractivity contribution in [1.29, 1.82) is 0 Å². The van der Waals surface area contributed by atoms with Crippen molar-refractivity contribution in [3.05, 3.63) is 11.2 Å². The summed E-state index contributed by atoms with van der Waals surface area (Å²) < 4.78 is 28.5. The van der Waals surface area contributed by atoms with Gasteiger partial charge in [-0.2, -0.15) is 5.10 Å². The van der Waals surface area contributed by atoms with Crippen LogP contribution in [0.5, 0.6) is 0 Å². The predicted octanol–water partition coefficient (Wildman–Crippen LogP) is 0.772. The van der Waals surface area contributed by atoms with E-state index in [4.69, 9.17) is 11.6 Å². The normalized spacial score (nSPS) is 23.9. The lowest BCUT2D eigenvalue weighted by atomic mass is 9.96. The van der Waals surface area contributed by atoms with Crippen molar-refractivity contribution in [2.24, 2.45) is 13.0 Å². The molecule has 1 aromatic heterocycles. The van der Waals surface area contributed by atoms with Gasteiger partial charge in [0.1, 0.15) is 0 Å². The minimum atomic E-state index is -3.63. The van der Waals surface area contributed by atoms with Gasteiger partial charge in [0.2, 0.25) is 0 Å². The maximum atomic E-state index is 12.3. The Morgan fingerprint density at radius 3 is 2.79 bits per heavy atom. The van der Waals surface area contributed by atoms with E-state index in [0.717, 1.165) is 13.0 Å². The molecule has 2 heterocycles. The Kier molecular flexibility index (Phi) is 5.64. The van der Waals surface area contributed by atoms with Crippen molar-refractivity contribution >= 4 is 34.0 Å². The van der Waals surface area contributed by atoms with Crippen LogP contribution in [-0.2, 0) is 17.1 Å². The number of nitrogens with zero attached hydrogens (tertiary/aromatic N) is 2. The molecule has 2 N–H and O–H groups in total. The number of aromatic nitrogens is 2. The Bertz CT molecular complexity index is 512. The molecule has 19 heavy (non-hydrogen) atoms. The maximum absolute atomic E-state index is 12.3. The maximum Gasteiger partial charge on any atom is 0.259 e. The van der Waals surface area contributed by atoms with E-state index in [1.807, 2.05) is 6.92 Å². The standard InChI is InChI=1S/C10H17ClN4O2S.ClH/c1-7-3-4-12-6-9(7)14-18(16,17)10-8(11)5-13-15(10)2;/h5,7,9,12,14H,3-4,6H2,1-2H3;1H. The van der Waals surface area contributed by atoms with Crippen LogP contribution < -0.4 is 10.0 Å². The Balaban J connectivity index is 0.00000180. The molecule has 2 rings (SSSR count). The van der Waals surface area contributed by atoms with Gasteiger partial charge in [-0.05, 0) is 18.9 Å². The minimum Gasteiger partial charge on any atom is -0.315 e. The van der Waals surface area contributed by atoms with Gasteiger partial charge < -0.3 is 5.32 Å². The van der Waals surface area contributed by atoms with Crippen LogP contribution in [0.1, 0.15) is 13.3 Å². The minimum absolute atomic E-state index is 0. The fourth-order valence-corrected chi connectivity index (χ4v) is 4.11. The highest BCUT2D eigenvalue weighted by molar-refractivity contribution is 7.89. The topological polar surface area (TPSA) is 76.0 Å². The molecule has 9 heteroatoms. The van der Waals surface area contributed by atoms with E-state index in [-0.39, 0.29) is 28.5 Å². The second-order valence-corrected chi connectivity index (χ2v) is 6.66. The zero-order chi connectivity index (χ0) is 13.3. The molecular weight excluding hydrogens is 311 g/mol. The van der Waals surface area contributed by atoms with Crippen molar-refractivity contribution in [2.45, 2.75) is 24.4 Å². The van der Waals surface area contributed by atoms with Crippen molar-refractivity contribution in [2.75, 3.05) is 13.1 Å². The fraction of sp³-hybridized carbons (Fsp3) is 0.700. The second kappa shape index (κ2) is 6.41. The predicted molar refractivity (Wildman–Crippen MR) is 76.2 cm³/mol. The van der Waals surface area contributed by atoms with Crippen molar-refractivity contribution in [3.8, 4) is 0 Å².